The van der Waals surface area contributed by atoms with Crippen LogP contribution in [0.25, 0.3) is 21.8 Å². The monoisotopic (exact) mass is 239 g/mol. The average molecular weight is 239 g/mol. The van der Waals surface area contributed by atoms with Crippen molar-refractivity contribution in [1.29, 1.82) is 0 Å². The van der Waals surface area contributed by atoms with E-state index in [1.165, 1.54) is 16.3 Å². The van der Waals surface area contributed by atoms with E-state index in [1.807, 2.05) is 6.07 Å². The third-order valence-corrected chi connectivity index (χ3v) is 3.58. The van der Waals surface area contributed by atoms with Crippen molar-refractivity contribution in [1.82, 2.24) is 4.98 Å². The molecular weight excluding hydrogens is 226 g/mol. The number of aryl methyl sites for hydroxylation is 1. The van der Waals surface area contributed by atoms with Crippen LogP contribution in [0.3, 0.4) is 0 Å². The number of ether oxygens (including phenoxy) is 2. The highest BCUT2D eigenvalue weighted by molar-refractivity contribution is 6.10. The molecule has 1 aromatic heterocycles. The fourth-order valence-corrected chi connectivity index (χ4v) is 2.60. The maximum atomic E-state index is 5.54. The van der Waals surface area contributed by atoms with Gasteiger partial charge in [0.2, 0.25) is 6.79 Å². The lowest BCUT2D eigenvalue weighted by molar-refractivity contribution is 0.174. The Morgan fingerprint density at radius 3 is 2.94 bits per heavy atom. The molecule has 0 amide bonds. The van der Waals surface area contributed by atoms with E-state index in [0.717, 1.165) is 29.0 Å². The lowest BCUT2D eigenvalue weighted by Gasteiger charge is -1.98. The molecule has 3 heteroatoms. The van der Waals surface area contributed by atoms with Gasteiger partial charge in [-0.15, -0.1) is 0 Å². The molecule has 18 heavy (non-hydrogen) atoms. The molecule has 0 saturated carbocycles. The van der Waals surface area contributed by atoms with E-state index in [2.05, 4.69) is 36.2 Å². The average Bonchev–Trinajstić information content (AvgIpc) is 3.01. The van der Waals surface area contributed by atoms with Gasteiger partial charge in [-0.3, -0.25) is 0 Å². The third-order valence-electron chi connectivity index (χ3n) is 3.58. The van der Waals surface area contributed by atoms with Gasteiger partial charge in [-0.05, 0) is 36.2 Å². The lowest BCUT2D eigenvalue weighted by Crippen LogP contribution is -1.93. The summed E-state index contributed by atoms with van der Waals surface area (Å²) in [4.78, 5) is 3.42. The predicted octanol–water partition coefficient (Wildman–Crippen LogP) is 3.61. The summed E-state index contributed by atoms with van der Waals surface area (Å²) in [6.45, 7) is 2.48. The molecule has 0 radical (unpaired) electrons. The lowest BCUT2D eigenvalue weighted by atomic mass is 10.1. The van der Waals surface area contributed by atoms with Crippen LogP contribution in [0.1, 0.15) is 12.5 Å². The quantitative estimate of drug-likeness (QED) is 0.703. The first-order chi connectivity index (χ1) is 8.86. The van der Waals surface area contributed by atoms with Crippen LogP contribution in [0.5, 0.6) is 11.5 Å². The Hall–Kier alpha value is -2.16. The van der Waals surface area contributed by atoms with Gasteiger partial charge in [0.05, 0.1) is 5.52 Å². The number of hydrogen-bond acceptors (Lipinski definition) is 2. The van der Waals surface area contributed by atoms with E-state index in [1.54, 1.807) is 0 Å². The van der Waals surface area contributed by atoms with Crippen LogP contribution in [-0.2, 0) is 6.42 Å². The first-order valence-corrected chi connectivity index (χ1v) is 6.19. The minimum Gasteiger partial charge on any atom is -0.454 e. The van der Waals surface area contributed by atoms with E-state index < -0.39 is 0 Å². The molecule has 3 nitrogen and oxygen atoms in total. The Morgan fingerprint density at radius 2 is 2.06 bits per heavy atom. The van der Waals surface area contributed by atoms with Gasteiger partial charge < -0.3 is 14.5 Å². The Bertz CT molecular complexity index is 758. The van der Waals surface area contributed by atoms with Crippen LogP contribution in [-0.4, -0.2) is 11.8 Å². The first-order valence-electron chi connectivity index (χ1n) is 6.19. The van der Waals surface area contributed by atoms with Gasteiger partial charge in [0.25, 0.3) is 0 Å². The second-order valence-corrected chi connectivity index (χ2v) is 4.58. The van der Waals surface area contributed by atoms with E-state index in [-0.39, 0.29) is 0 Å². The highest BCUT2D eigenvalue weighted by Crippen LogP contribution is 2.41. The van der Waals surface area contributed by atoms with Crippen molar-refractivity contribution in [2.45, 2.75) is 13.3 Å². The molecule has 0 aliphatic carbocycles. The SMILES string of the molecule is CCc1ccc2[nH]c3c4c(ccc3c2c1)OCO4. The summed E-state index contributed by atoms with van der Waals surface area (Å²) >= 11 is 0. The zero-order valence-corrected chi connectivity index (χ0v) is 10.1. The fourth-order valence-electron chi connectivity index (χ4n) is 2.60. The molecule has 0 unspecified atom stereocenters. The fraction of sp³-hybridized carbons (Fsp3) is 0.200. The Labute approximate surface area is 104 Å². The minimum atomic E-state index is 0.310. The van der Waals surface area contributed by atoms with Gasteiger partial charge in [0, 0.05) is 16.3 Å². The van der Waals surface area contributed by atoms with Crippen molar-refractivity contribution < 1.29 is 9.47 Å². The zero-order chi connectivity index (χ0) is 12.1. The molecule has 1 aliphatic heterocycles. The van der Waals surface area contributed by atoms with Crippen LogP contribution in [0, 0.1) is 0 Å². The molecule has 4 rings (SSSR count). The van der Waals surface area contributed by atoms with Gasteiger partial charge in [0.15, 0.2) is 11.5 Å². The smallest absolute Gasteiger partial charge is 0.231 e. The van der Waals surface area contributed by atoms with Crippen LogP contribution in [0.2, 0.25) is 0 Å². The van der Waals surface area contributed by atoms with Gasteiger partial charge in [-0.25, -0.2) is 0 Å². The van der Waals surface area contributed by atoms with Crippen LogP contribution in [0.15, 0.2) is 30.3 Å². The number of rotatable bonds is 1. The maximum Gasteiger partial charge on any atom is 0.231 e. The number of nitrogens with one attached hydrogen (secondary N) is 1. The topological polar surface area (TPSA) is 34.2 Å². The molecule has 0 atom stereocenters. The number of benzene rings is 2. The van der Waals surface area contributed by atoms with E-state index in [4.69, 9.17) is 9.47 Å². The first kappa shape index (κ1) is 9.83. The van der Waals surface area contributed by atoms with Crippen molar-refractivity contribution >= 4 is 21.8 Å². The van der Waals surface area contributed by atoms with Gasteiger partial charge in [-0.2, -0.15) is 0 Å². The highest BCUT2D eigenvalue weighted by Gasteiger charge is 2.19. The highest BCUT2D eigenvalue weighted by atomic mass is 16.7. The van der Waals surface area contributed by atoms with E-state index in [9.17, 15) is 0 Å². The molecule has 2 aromatic carbocycles. The molecule has 0 spiro atoms. The summed E-state index contributed by atoms with van der Waals surface area (Å²) in [5, 5.41) is 2.45. The maximum absolute atomic E-state index is 5.54. The third kappa shape index (κ3) is 1.19. The molecule has 90 valence electrons. The van der Waals surface area contributed by atoms with Crippen molar-refractivity contribution in [3.63, 3.8) is 0 Å². The summed E-state index contributed by atoms with van der Waals surface area (Å²) in [6.07, 6.45) is 1.05. The number of aromatic amines is 1. The minimum absolute atomic E-state index is 0.310. The van der Waals surface area contributed by atoms with Crippen LogP contribution in [0.4, 0.5) is 0 Å². The number of aromatic nitrogens is 1. The molecule has 0 saturated heterocycles. The second-order valence-electron chi connectivity index (χ2n) is 4.58. The summed E-state index contributed by atoms with van der Waals surface area (Å²) < 4.78 is 10.9. The molecule has 2 heterocycles. The standard InChI is InChI=1S/C15H13NO2/c1-2-9-3-5-12-11(7-9)10-4-6-13-15(14(10)16-12)18-8-17-13/h3-7,16H,2,8H2,1H3. The number of hydrogen-bond donors (Lipinski definition) is 1. The van der Waals surface area contributed by atoms with Gasteiger partial charge in [0.1, 0.15) is 0 Å². The van der Waals surface area contributed by atoms with Crippen molar-refractivity contribution in [2.75, 3.05) is 6.79 Å². The Morgan fingerprint density at radius 1 is 1.11 bits per heavy atom. The molecule has 3 aromatic rings. The summed E-state index contributed by atoms with van der Waals surface area (Å²) in [7, 11) is 0. The molecule has 0 bridgehead atoms. The van der Waals surface area contributed by atoms with Crippen LogP contribution < -0.4 is 9.47 Å². The van der Waals surface area contributed by atoms with Crippen LogP contribution >= 0.6 is 0 Å². The summed E-state index contributed by atoms with van der Waals surface area (Å²) in [5.41, 5.74) is 3.53. The predicted molar refractivity (Wildman–Crippen MR) is 71.3 cm³/mol. The molecular formula is C15H13NO2. The summed E-state index contributed by atoms with van der Waals surface area (Å²) in [6, 6.07) is 10.6. The van der Waals surface area contributed by atoms with Crippen molar-refractivity contribution in [3.05, 3.63) is 35.9 Å². The zero-order valence-electron chi connectivity index (χ0n) is 10.1. The Kier molecular flexibility index (Phi) is 1.87. The normalized spacial score (nSPS) is 13.6. The number of fused-ring (bicyclic) bond motifs is 5. The Balaban J connectivity index is 2.13. The summed E-state index contributed by atoms with van der Waals surface area (Å²) in [5.74, 6) is 1.66. The van der Waals surface area contributed by atoms with Gasteiger partial charge >= 0.3 is 0 Å². The van der Waals surface area contributed by atoms with Crippen molar-refractivity contribution in [3.8, 4) is 11.5 Å². The largest absolute Gasteiger partial charge is 0.454 e. The van der Waals surface area contributed by atoms with E-state index in [0.29, 0.717) is 6.79 Å². The number of H-pyrrole nitrogens is 1. The molecule has 1 N–H and O–H groups in total. The van der Waals surface area contributed by atoms with Gasteiger partial charge in [-0.1, -0.05) is 13.0 Å². The molecule has 1 aliphatic rings. The molecule has 0 fully saturated rings. The second kappa shape index (κ2) is 3.42. The van der Waals surface area contributed by atoms with Crippen molar-refractivity contribution in [2.24, 2.45) is 0 Å². The van der Waals surface area contributed by atoms with E-state index >= 15 is 0 Å².